The number of piperidine rings is 1. The van der Waals surface area contributed by atoms with E-state index in [2.05, 4.69) is 53.2 Å². The molecule has 0 spiro atoms. The summed E-state index contributed by atoms with van der Waals surface area (Å²) in [6.45, 7) is 8.02. The van der Waals surface area contributed by atoms with E-state index in [0.717, 1.165) is 26.1 Å². The average Bonchev–Trinajstić information content (AvgIpc) is 2.89. The molecule has 1 amide bonds. The van der Waals surface area contributed by atoms with Gasteiger partial charge in [-0.3, -0.25) is 10.1 Å². The maximum absolute atomic E-state index is 12.4. The fourth-order valence-corrected chi connectivity index (χ4v) is 3.63. The van der Waals surface area contributed by atoms with Crippen molar-refractivity contribution in [3.8, 4) is 0 Å². The summed E-state index contributed by atoms with van der Waals surface area (Å²) in [5, 5.41) is 3.40. The lowest BCUT2D eigenvalue weighted by atomic mass is 10.0. The number of amides is 1. The van der Waals surface area contributed by atoms with Crippen LogP contribution in [-0.4, -0.2) is 47.9 Å². The molecule has 2 atom stereocenters. The number of carbonyl (C=O) groups excluding carboxylic acids is 1. The summed E-state index contributed by atoms with van der Waals surface area (Å²) in [4.78, 5) is 17.0. The number of hydrogen-bond donors (Lipinski definition) is 1. The van der Waals surface area contributed by atoms with E-state index >= 15 is 0 Å². The Kier molecular flexibility index (Phi) is 4.27. The van der Waals surface area contributed by atoms with Crippen LogP contribution in [-0.2, 0) is 4.79 Å². The lowest BCUT2D eigenvalue weighted by molar-refractivity contribution is -0.131. The Labute approximate surface area is 127 Å². The Morgan fingerprint density at radius 3 is 2.90 bits per heavy atom. The number of nitrogens with zero attached hydrogens (tertiary/aromatic N) is 2. The molecule has 1 aromatic carbocycles. The Bertz CT molecular complexity index is 517. The molecule has 2 aliphatic rings. The molecule has 114 valence electrons. The van der Waals surface area contributed by atoms with Crippen molar-refractivity contribution in [2.45, 2.75) is 38.9 Å². The average molecular weight is 287 g/mol. The first-order chi connectivity index (χ1) is 10.2. The van der Waals surface area contributed by atoms with Crippen LogP contribution in [0.15, 0.2) is 24.3 Å². The van der Waals surface area contributed by atoms with E-state index in [1.54, 1.807) is 0 Å². The van der Waals surface area contributed by atoms with E-state index in [4.69, 9.17) is 0 Å². The molecule has 2 fully saturated rings. The number of aryl methyl sites for hydroxylation is 1. The van der Waals surface area contributed by atoms with Crippen molar-refractivity contribution in [3.63, 3.8) is 0 Å². The highest BCUT2D eigenvalue weighted by Crippen LogP contribution is 2.30. The molecular formula is C17H25N3O. The minimum Gasteiger partial charge on any atom is -0.318 e. The SMILES string of the molecule is CCN1CCCC(N2C(=O)CNC2c2ccccc2C)C1. The zero-order chi connectivity index (χ0) is 14.8. The van der Waals surface area contributed by atoms with E-state index in [1.165, 1.54) is 17.5 Å². The Balaban J connectivity index is 1.84. The van der Waals surface area contributed by atoms with Crippen LogP contribution >= 0.6 is 0 Å². The third-order valence-electron chi connectivity index (χ3n) is 4.82. The smallest absolute Gasteiger partial charge is 0.238 e. The second-order valence-electron chi connectivity index (χ2n) is 6.13. The molecule has 4 heteroatoms. The van der Waals surface area contributed by atoms with E-state index in [0.29, 0.717) is 12.6 Å². The first-order valence-corrected chi connectivity index (χ1v) is 8.03. The van der Waals surface area contributed by atoms with Gasteiger partial charge in [-0.2, -0.15) is 0 Å². The molecule has 3 rings (SSSR count). The molecule has 0 saturated carbocycles. The first-order valence-electron chi connectivity index (χ1n) is 8.03. The lowest BCUT2D eigenvalue weighted by Crippen LogP contribution is -2.49. The zero-order valence-electron chi connectivity index (χ0n) is 13.0. The molecule has 0 bridgehead atoms. The van der Waals surface area contributed by atoms with Crippen molar-refractivity contribution < 1.29 is 4.79 Å². The van der Waals surface area contributed by atoms with Gasteiger partial charge in [0.2, 0.25) is 5.91 Å². The Morgan fingerprint density at radius 2 is 2.14 bits per heavy atom. The number of likely N-dealkylation sites (N-methyl/N-ethyl adjacent to an activating group) is 1. The van der Waals surface area contributed by atoms with Gasteiger partial charge < -0.3 is 9.80 Å². The van der Waals surface area contributed by atoms with Crippen LogP contribution in [0.4, 0.5) is 0 Å². The monoisotopic (exact) mass is 287 g/mol. The predicted octanol–water partition coefficient (Wildman–Crippen LogP) is 1.91. The third kappa shape index (κ3) is 2.83. The van der Waals surface area contributed by atoms with Crippen molar-refractivity contribution in [2.75, 3.05) is 26.2 Å². The van der Waals surface area contributed by atoms with Gasteiger partial charge in [-0.05, 0) is 44.0 Å². The minimum absolute atomic E-state index is 0.0421. The normalized spacial score (nSPS) is 27.3. The molecule has 0 aromatic heterocycles. The minimum atomic E-state index is 0.0421. The summed E-state index contributed by atoms with van der Waals surface area (Å²) in [6.07, 6.45) is 2.34. The molecule has 4 nitrogen and oxygen atoms in total. The molecule has 21 heavy (non-hydrogen) atoms. The summed E-state index contributed by atoms with van der Waals surface area (Å²) < 4.78 is 0. The van der Waals surface area contributed by atoms with Gasteiger partial charge in [0.15, 0.2) is 0 Å². The molecule has 0 aliphatic carbocycles. The molecule has 0 radical (unpaired) electrons. The number of hydrogen-bond acceptors (Lipinski definition) is 3. The van der Waals surface area contributed by atoms with E-state index < -0.39 is 0 Å². The van der Waals surface area contributed by atoms with Crippen LogP contribution in [0.2, 0.25) is 0 Å². The summed E-state index contributed by atoms with van der Waals surface area (Å²) in [7, 11) is 0. The number of likely N-dealkylation sites (tertiary alicyclic amines) is 1. The second kappa shape index (κ2) is 6.16. The third-order valence-corrected chi connectivity index (χ3v) is 4.82. The number of rotatable bonds is 3. The maximum atomic E-state index is 12.4. The fourth-order valence-electron chi connectivity index (χ4n) is 3.63. The topological polar surface area (TPSA) is 35.6 Å². The summed E-state index contributed by atoms with van der Waals surface area (Å²) in [5.74, 6) is 0.242. The Morgan fingerprint density at radius 1 is 1.33 bits per heavy atom. The standard InChI is InChI=1S/C17H25N3O/c1-3-19-10-6-8-14(12-19)20-16(21)11-18-17(20)15-9-5-4-7-13(15)2/h4-5,7,9,14,17-18H,3,6,8,10-12H2,1-2H3. The molecule has 1 N–H and O–H groups in total. The number of carbonyl (C=O) groups is 1. The van der Waals surface area contributed by atoms with Crippen molar-refractivity contribution in [1.29, 1.82) is 0 Å². The van der Waals surface area contributed by atoms with Crippen LogP contribution in [0.1, 0.15) is 37.1 Å². The number of benzene rings is 1. The maximum Gasteiger partial charge on any atom is 0.238 e. The van der Waals surface area contributed by atoms with Gasteiger partial charge in [0, 0.05) is 12.6 Å². The lowest BCUT2D eigenvalue weighted by Gasteiger charge is -2.40. The summed E-state index contributed by atoms with van der Waals surface area (Å²) in [6, 6.07) is 8.71. The van der Waals surface area contributed by atoms with E-state index in [-0.39, 0.29) is 12.1 Å². The van der Waals surface area contributed by atoms with Crippen LogP contribution < -0.4 is 5.32 Å². The highest BCUT2D eigenvalue weighted by atomic mass is 16.2. The molecule has 2 saturated heterocycles. The fraction of sp³-hybridized carbons (Fsp3) is 0.588. The number of nitrogens with one attached hydrogen (secondary N) is 1. The van der Waals surface area contributed by atoms with Gasteiger partial charge in [0.25, 0.3) is 0 Å². The van der Waals surface area contributed by atoms with Crippen molar-refractivity contribution in [2.24, 2.45) is 0 Å². The van der Waals surface area contributed by atoms with Crippen LogP contribution in [0.3, 0.4) is 0 Å². The van der Waals surface area contributed by atoms with Crippen molar-refractivity contribution in [3.05, 3.63) is 35.4 Å². The second-order valence-corrected chi connectivity index (χ2v) is 6.13. The van der Waals surface area contributed by atoms with Crippen molar-refractivity contribution in [1.82, 2.24) is 15.1 Å². The van der Waals surface area contributed by atoms with Gasteiger partial charge in [0.1, 0.15) is 6.17 Å². The van der Waals surface area contributed by atoms with Crippen LogP contribution in [0.25, 0.3) is 0 Å². The van der Waals surface area contributed by atoms with Gasteiger partial charge in [-0.25, -0.2) is 0 Å². The Hall–Kier alpha value is -1.39. The van der Waals surface area contributed by atoms with Crippen molar-refractivity contribution >= 4 is 5.91 Å². The quantitative estimate of drug-likeness (QED) is 0.922. The highest BCUT2D eigenvalue weighted by Gasteiger charge is 2.38. The van der Waals surface area contributed by atoms with Crippen LogP contribution in [0.5, 0.6) is 0 Å². The summed E-state index contributed by atoms with van der Waals surface area (Å²) >= 11 is 0. The molecular weight excluding hydrogens is 262 g/mol. The van der Waals surface area contributed by atoms with Gasteiger partial charge in [-0.15, -0.1) is 0 Å². The van der Waals surface area contributed by atoms with Gasteiger partial charge >= 0.3 is 0 Å². The highest BCUT2D eigenvalue weighted by molar-refractivity contribution is 5.81. The zero-order valence-corrected chi connectivity index (χ0v) is 13.0. The van der Waals surface area contributed by atoms with E-state index in [1.807, 2.05) is 0 Å². The predicted molar refractivity (Wildman–Crippen MR) is 83.9 cm³/mol. The van der Waals surface area contributed by atoms with E-state index in [9.17, 15) is 4.79 Å². The molecule has 2 unspecified atom stereocenters. The van der Waals surface area contributed by atoms with Crippen LogP contribution in [0, 0.1) is 6.92 Å². The molecule has 2 heterocycles. The summed E-state index contributed by atoms with van der Waals surface area (Å²) in [5.41, 5.74) is 2.48. The molecule has 2 aliphatic heterocycles. The van der Waals surface area contributed by atoms with Gasteiger partial charge in [-0.1, -0.05) is 31.2 Å². The van der Waals surface area contributed by atoms with Gasteiger partial charge in [0.05, 0.1) is 6.54 Å². The first kappa shape index (κ1) is 14.5. The molecule has 1 aromatic rings. The largest absolute Gasteiger partial charge is 0.318 e.